The Labute approximate surface area is 140 Å². The van der Waals surface area contributed by atoms with Crippen LogP contribution in [-0.2, 0) is 0 Å². The molecule has 6 heteroatoms. The van der Waals surface area contributed by atoms with Gasteiger partial charge < -0.3 is 15.7 Å². The number of nitrogens with one attached hydrogen (secondary N) is 2. The third-order valence-corrected chi connectivity index (χ3v) is 4.70. The van der Waals surface area contributed by atoms with Crippen LogP contribution in [0.5, 0.6) is 0 Å². The van der Waals surface area contributed by atoms with E-state index in [0.29, 0.717) is 13.1 Å². The fourth-order valence-corrected chi connectivity index (χ4v) is 3.39. The zero-order chi connectivity index (χ0) is 14.7. The Hall–Kier alpha value is -1.40. The van der Waals surface area contributed by atoms with Crippen LogP contribution in [0.25, 0.3) is 11.1 Å². The summed E-state index contributed by atoms with van der Waals surface area (Å²) >= 11 is 1.45. The molecule has 3 rings (SSSR count). The van der Waals surface area contributed by atoms with Crippen LogP contribution in [0.2, 0.25) is 0 Å². The van der Waals surface area contributed by atoms with E-state index in [-0.39, 0.29) is 30.3 Å². The number of hydrogen-bond donors (Lipinski definition) is 3. The zero-order valence-electron chi connectivity index (χ0n) is 12.0. The van der Waals surface area contributed by atoms with Crippen LogP contribution in [0.4, 0.5) is 0 Å². The molecule has 1 fully saturated rings. The molecule has 1 saturated heterocycles. The highest BCUT2D eigenvalue weighted by Gasteiger charge is 2.25. The first-order valence-corrected chi connectivity index (χ1v) is 7.93. The molecule has 1 aromatic carbocycles. The van der Waals surface area contributed by atoms with Gasteiger partial charge in [-0.25, -0.2) is 0 Å². The smallest absolute Gasteiger partial charge is 0.261 e. The first kappa shape index (κ1) is 17.0. The number of carbonyl (C=O) groups excluding carboxylic acids is 1. The quantitative estimate of drug-likeness (QED) is 0.800. The van der Waals surface area contributed by atoms with Crippen LogP contribution >= 0.6 is 23.7 Å². The summed E-state index contributed by atoms with van der Waals surface area (Å²) in [6, 6.07) is 11.9. The van der Waals surface area contributed by atoms with Crippen molar-refractivity contribution in [1.29, 1.82) is 0 Å². The summed E-state index contributed by atoms with van der Waals surface area (Å²) in [5, 5.41) is 17.7. The van der Waals surface area contributed by atoms with Gasteiger partial charge in [-0.05, 0) is 17.0 Å². The van der Waals surface area contributed by atoms with Crippen molar-refractivity contribution in [3.05, 3.63) is 46.7 Å². The van der Waals surface area contributed by atoms with Gasteiger partial charge in [0.25, 0.3) is 5.91 Å². The number of aliphatic hydroxyl groups excluding tert-OH is 1. The van der Waals surface area contributed by atoms with Crippen LogP contribution in [-0.4, -0.2) is 36.8 Å². The lowest BCUT2D eigenvalue weighted by Gasteiger charge is -2.14. The van der Waals surface area contributed by atoms with Crippen LogP contribution in [0.1, 0.15) is 9.67 Å². The Balaban J connectivity index is 0.00000176. The van der Waals surface area contributed by atoms with E-state index in [1.165, 1.54) is 11.3 Å². The van der Waals surface area contributed by atoms with Gasteiger partial charge >= 0.3 is 0 Å². The summed E-state index contributed by atoms with van der Waals surface area (Å²) < 4.78 is 0. The molecule has 1 aliphatic heterocycles. The largest absolute Gasteiger partial charge is 0.391 e. The minimum Gasteiger partial charge on any atom is -0.391 e. The van der Waals surface area contributed by atoms with Gasteiger partial charge in [0.1, 0.15) is 0 Å². The number of halogens is 1. The Kier molecular flexibility index (Phi) is 5.97. The zero-order valence-corrected chi connectivity index (χ0v) is 13.6. The van der Waals surface area contributed by atoms with E-state index in [9.17, 15) is 9.90 Å². The Morgan fingerprint density at radius 2 is 2.05 bits per heavy atom. The van der Waals surface area contributed by atoms with Crippen LogP contribution in [0, 0.1) is 5.92 Å². The summed E-state index contributed by atoms with van der Waals surface area (Å²) in [4.78, 5) is 13.1. The highest BCUT2D eigenvalue weighted by Crippen LogP contribution is 2.28. The second-order valence-corrected chi connectivity index (χ2v) is 6.14. The maximum atomic E-state index is 12.4. The van der Waals surface area contributed by atoms with Crippen LogP contribution < -0.4 is 10.6 Å². The second-order valence-electron chi connectivity index (χ2n) is 5.23. The molecule has 22 heavy (non-hydrogen) atoms. The summed E-state index contributed by atoms with van der Waals surface area (Å²) in [5.74, 6) is 0.0250. The van der Waals surface area contributed by atoms with Crippen molar-refractivity contribution >= 4 is 29.7 Å². The Morgan fingerprint density at radius 1 is 1.27 bits per heavy atom. The normalized spacial score (nSPS) is 20.4. The molecule has 2 unspecified atom stereocenters. The van der Waals surface area contributed by atoms with E-state index in [1.807, 2.05) is 41.8 Å². The predicted octanol–water partition coefficient (Wildman–Crippen LogP) is 2.15. The van der Waals surface area contributed by atoms with Crippen LogP contribution in [0.3, 0.4) is 0 Å². The number of rotatable bonds is 4. The molecule has 1 amide bonds. The molecule has 1 aromatic heterocycles. The molecule has 3 N–H and O–H groups in total. The van der Waals surface area contributed by atoms with E-state index in [0.717, 1.165) is 22.5 Å². The number of benzene rings is 1. The first-order chi connectivity index (χ1) is 10.3. The molecular formula is C16H19ClN2O2S. The summed E-state index contributed by atoms with van der Waals surface area (Å²) in [6.07, 6.45) is -0.373. The van der Waals surface area contributed by atoms with Gasteiger partial charge in [0.2, 0.25) is 0 Å². The van der Waals surface area contributed by atoms with Gasteiger partial charge in [0.15, 0.2) is 0 Å². The average molecular weight is 339 g/mol. The van der Waals surface area contributed by atoms with E-state index in [4.69, 9.17) is 0 Å². The molecular weight excluding hydrogens is 320 g/mol. The third kappa shape index (κ3) is 3.67. The summed E-state index contributed by atoms with van der Waals surface area (Å²) in [5.41, 5.74) is 2.01. The number of hydrogen-bond acceptors (Lipinski definition) is 4. The molecule has 2 atom stereocenters. The molecule has 0 radical (unpaired) electrons. The van der Waals surface area contributed by atoms with Gasteiger partial charge in [-0.3, -0.25) is 4.79 Å². The molecule has 1 aliphatic rings. The number of thiophene rings is 1. The molecule has 2 aromatic rings. The molecule has 118 valence electrons. The minimum absolute atomic E-state index is 0. The first-order valence-electron chi connectivity index (χ1n) is 7.05. The maximum Gasteiger partial charge on any atom is 0.261 e. The van der Waals surface area contributed by atoms with E-state index in [1.54, 1.807) is 0 Å². The predicted molar refractivity (Wildman–Crippen MR) is 91.7 cm³/mol. The van der Waals surface area contributed by atoms with Gasteiger partial charge in [0.05, 0.1) is 11.0 Å². The maximum absolute atomic E-state index is 12.4. The monoisotopic (exact) mass is 338 g/mol. The second kappa shape index (κ2) is 7.74. The molecule has 0 saturated carbocycles. The van der Waals surface area contributed by atoms with Gasteiger partial charge in [0, 0.05) is 31.1 Å². The van der Waals surface area contributed by atoms with Crippen molar-refractivity contribution in [3.8, 4) is 11.1 Å². The van der Waals surface area contributed by atoms with Crippen molar-refractivity contribution in [2.45, 2.75) is 6.10 Å². The lowest BCUT2D eigenvalue weighted by molar-refractivity contribution is 0.0931. The Morgan fingerprint density at radius 3 is 2.73 bits per heavy atom. The third-order valence-electron chi connectivity index (χ3n) is 3.79. The lowest BCUT2D eigenvalue weighted by Crippen LogP contribution is -2.34. The fraction of sp³-hybridized carbons (Fsp3) is 0.312. The van der Waals surface area contributed by atoms with Crippen molar-refractivity contribution < 1.29 is 9.90 Å². The van der Waals surface area contributed by atoms with E-state index in [2.05, 4.69) is 10.6 Å². The number of carbonyl (C=O) groups is 1. The number of β-amino-alcohol motifs (C(OH)–C–C–N with tert-alkyl or cyclic N) is 1. The fourth-order valence-electron chi connectivity index (χ4n) is 2.56. The SMILES string of the molecule is Cl.O=C(NCC1CNCC1O)c1sccc1-c1ccccc1. The molecule has 2 heterocycles. The van der Waals surface area contributed by atoms with E-state index < -0.39 is 0 Å². The summed E-state index contributed by atoms with van der Waals surface area (Å²) in [7, 11) is 0. The number of aliphatic hydroxyl groups is 1. The highest BCUT2D eigenvalue weighted by molar-refractivity contribution is 7.12. The van der Waals surface area contributed by atoms with Crippen molar-refractivity contribution in [2.75, 3.05) is 19.6 Å². The van der Waals surface area contributed by atoms with E-state index >= 15 is 0 Å². The Bertz CT molecular complexity index is 618. The highest BCUT2D eigenvalue weighted by atomic mass is 35.5. The lowest BCUT2D eigenvalue weighted by atomic mass is 10.1. The van der Waals surface area contributed by atoms with Gasteiger partial charge in [-0.1, -0.05) is 30.3 Å². The molecule has 0 bridgehead atoms. The topological polar surface area (TPSA) is 61.4 Å². The number of amides is 1. The van der Waals surface area contributed by atoms with Gasteiger partial charge in [-0.2, -0.15) is 0 Å². The van der Waals surface area contributed by atoms with Gasteiger partial charge in [-0.15, -0.1) is 23.7 Å². The summed E-state index contributed by atoms with van der Waals surface area (Å²) in [6.45, 7) is 1.85. The minimum atomic E-state index is -0.373. The standard InChI is InChI=1S/C16H18N2O2S.ClH/c19-14-10-17-8-12(14)9-18-16(20)15-13(6-7-21-15)11-4-2-1-3-5-11;/h1-7,12,14,17,19H,8-10H2,(H,18,20);1H. The van der Waals surface area contributed by atoms with Crippen molar-refractivity contribution in [1.82, 2.24) is 10.6 Å². The average Bonchev–Trinajstić information content (AvgIpc) is 3.15. The van der Waals surface area contributed by atoms with Crippen LogP contribution in [0.15, 0.2) is 41.8 Å². The molecule has 0 aliphatic carbocycles. The molecule has 0 spiro atoms. The molecule has 4 nitrogen and oxygen atoms in total. The van der Waals surface area contributed by atoms with Crippen molar-refractivity contribution in [3.63, 3.8) is 0 Å². The van der Waals surface area contributed by atoms with Crippen molar-refractivity contribution in [2.24, 2.45) is 5.92 Å².